The maximum absolute atomic E-state index is 5.79. The van der Waals surface area contributed by atoms with E-state index in [1.54, 1.807) is 27.2 Å². The molecule has 1 heterocycles. The van der Waals surface area contributed by atoms with E-state index in [1.165, 1.54) is 0 Å². The Balaban J connectivity index is 2.74. The van der Waals surface area contributed by atoms with Gasteiger partial charge in [0.25, 0.3) is 0 Å². The maximum atomic E-state index is 5.79. The molecule has 0 fully saturated rings. The number of halogens is 1. The number of anilines is 1. The van der Waals surface area contributed by atoms with E-state index in [0.717, 1.165) is 0 Å². The van der Waals surface area contributed by atoms with Gasteiger partial charge in [0.1, 0.15) is 11.6 Å². The van der Waals surface area contributed by atoms with Gasteiger partial charge in [-0.1, -0.05) is 0 Å². The molecule has 1 aromatic rings. The summed E-state index contributed by atoms with van der Waals surface area (Å²) >= 11 is 5.79. The average molecular weight is 246 g/mol. The zero-order valence-electron chi connectivity index (χ0n) is 9.66. The van der Waals surface area contributed by atoms with E-state index >= 15 is 0 Å². The Bertz CT molecular complexity index is 336. The van der Waals surface area contributed by atoms with E-state index in [9.17, 15) is 0 Å². The van der Waals surface area contributed by atoms with Crippen LogP contribution in [0.5, 0.6) is 5.88 Å². The third-order valence-corrected chi connectivity index (χ3v) is 2.30. The summed E-state index contributed by atoms with van der Waals surface area (Å²) in [6.07, 6.45) is 0. The molecular weight excluding hydrogens is 230 g/mol. The summed E-state index contributed by atoms with van der Waals surface area (Å²) in [5.41, 5.74) is 0. The number of nitrogens with one attached hydrogen (secondary N) is 1. The van der Waals surface area contributed by atoms with Crippen LogP contribution in [0.25, 0.3) is 0 Å². The molecule has 16 heavy (non-hydrogen) atoms. The molecule has 0 bridgehead atoms. The number of nitrogens with zero attached hydrogens (tertiary/aromatic N) is 2. The fourth-order valence-electron chi connectivity index (χ4n) is 1.25. The van der Waals surface area contributed by atoms with Crippen LogP contribution in [0.2, 0.25) is 0 Å². The van der Waals surface area contributed by atoms with E-state index in [1.807, 2.05) is 0 Å². The van der Waals surface area contributed by atoms with Crippen LogP contribution in [0.4, 0.5) is 5.82 Å². The van der Waals surface area contributed by atoms with Gasteiger partial charge in [-0.25, -0.2) is 4.98 Å². The average Bonchev–Trinajstić information content (AvgIpc) is 2.27. The monoisotopic (exact) mass is 245 g/mol. The van der Waals surface area contributed by atoms with E-state index in [2.05, 4.69) is 15.3 Å². The molecule has 0 spiro atoms. The molecule has 0 radical (unpaired) electrons. The van der Waals surface area contributed by atoms with Gasteiger partial charge in [0.2, 0.25) is 5.88 Å². The Kier molecular flexibility index (Phi) is 5.28. The normalized spacial score (nSPS) is 12.2. The fraction of sp³-hybridized carbons (Fsp3) is 0.600. The summed E-state index contributed by atoms with van der Waals surface area (Å²) < 4.78 is 10.1. The van der Waals surface area contributed by atoms with Gasteiger partial charge < -0.3 is 14.8 Å². The number of methoxy groups -OCH3 is 2. The van der Waals surface area contributed by atoms with Crippen molar-refractivity contribution in [3.8, 4) is 5.88 Å². The molecule has 0 aliphatic carbocycles. The Morgan fingerprint density at radius 2 is 2.19 bits per heavy atom. The second-order valence-electron chi connectivity index (χ2n) is 3.29. The quantitative estimate of drug-likeness (QED) is 0.769. The highest BCUT2D eigenvalue weighted by atomic mass is 35.5. The molecule has 0 amide bonds. The van der Waals surface area contributed by atoms with E-state index in [-0.39, 0.29) is 6.04 Å². The first-order valence-corrected chi connectivity index (χ1v) is 5.44. The Morgan fingerprint density at radius 1 is 1.44 bits per heavy atom. The van der Waals surface area contributed by atoms with Crippen LogP contribution in [-0.4, -0.2) is 42.7 Å². The number of ether oxygens (including phenoxy) is 2. The maximum Gasteiger partial charge on any atom is 0.218 e. The largest absolute Gasteiger partial charge is 0.481 e. The zero-order valence-corrected chi connectivity index (χ0v) is 10.4. The lowest BCUT2D eigenvalue weighted by atomic mass is 10.3. The lowest BCUT2D eigenvalue weighted by molar-refractivity contribution is 0.191. The SMILES string of the molecule is COCC(CCl)Nc1cc(OC)nc(C)n1. The molecule has 5 nitrogen and oxygen atoms in total. The molecule has 90 valence electrons. The number of aromatic nitrogens is 2. The second-order valence-corrected chi connectivity index (χ2v) is 3.60. The van der Waals surface area contributed by atoms with Gasteiger partial charge in [0.15, 0.2) is 0 Å². The van der Waals surface area contributed by atoms with Crippen molar-refractivity contribution in [3.05, 3.63) is 11.9 Å². The molecule has 1 aromatic heterocycles. The van der Waals surface area contributed by atoms with Crippen molar-refractivity contribution in [2.75, 3.05) is 32.0 Å². The van der Waals surface area contributed by atoms with E-state index in [0.29, 0.717) is 30.0 Å². The summed E-state index contributed by atoms with van der Waals surface area (Å²) in [4.78, 5) is 8.33. The van der Waals surface area contributed by atoms with Crippen molar-refractivity contribution in [2.24, 2.45) is 0 Å². The van der Waals surface area contributed by atoms with Gasteiger partial charge in [-0.2, -0.15) is 4.98 Å². The first kappa shape index (κ1) is 13.0. The van der Waals surface area contributed by atoms with Gasteiger partial charge in [-0.3, -0.25) is 0 Å². The number of hydrogen-bond donors (Lipinski definition) is 1. The van der Waals surface area contributed by atoms with Crippen LogP contribution in [0.3, 0.4) is 0 Å². The van der Waals surface area contributed by atoms with Gasteiger partial charge in [0.05, 0.1) is 19.8 Å². The minimum atomic E-state index is 0.0191. The molecule has 1 rings (SSSR count). The first-order chi connectivity index (χ1) is 7.69. The van der Waals surface area contributed by atoms with Gasteiger partial charge >= 0.3 is 0 Å². The van der Waals surface area contributed by atoms with Crippen LogP contribution < -0.4 is 10.1 Å². The first-order valence-electron chi connectivity index (χ1n) is 4.90. The molecule has 0 saturated carbocycles. The summed E-state index contributed by atoms with van der Waals surface area (Å²) in [5.74, 6) is 2.31. The van der Waals surface area contributed by atoms with Crippen molar-refractivity contribution in [2.45, 2.75) is 13.0 Å². The van der Waals surface area contributed by atoms with Crippen molar-refractivity contribution < 1.29 is 9.47 Å². The number of hydrogen-bond acceptors (Lipinski definition) is 5. The molecule has 1 atom stereocenters. The summed E-state index contributed by atoms with van der Waals surface area (Å²) in [6.45, 7) is 2.33. The molecule has 0 saturated heterocycles. The third-order valence-electron chi connectivity index (χ3n) is 1.93. The number of aryl methyl sites for hydroxylation is 1. The second kappa shape index (κ2) is 6.50. The Hall–Kier alpha value is -1.07. The summed E-state index contributed by atoms with van der Waals surface area (Å²) in [6, 6.07) is 1.74. The lowest BCUT2D eigenvalue weighted by Crippen LogP contribution is -2.27. The van der Waals surface area contributed by atoms with Crippen molar-refractivity contribution in [3.63, 3.8) is 0 Å². The van der Waals surface area contributed by atoms with Crippen molar-refractivity contribution in [1.82, 2.24) is 9.97 Å². The van der Waals surface area contributed by atoms with E-state index < -0.39 is 0 Å². The lowest BCUT2D eigenvalue weighted by Gasteiger charge is -2.16. The van der Waals surface area contributed by atoms with Gasteiger partial charge in [-0.05, 0) is 6.92 Å². The molecule has 0 aromatic carbocycles. The number of alkyl halides is 1. The van der Waals surface area contributed by atoms with Crippen LogP contribution in [0, 0.1) is 6.92 Å². The van der Waals surface area contributed by atoms with Gasteiger partial charge in [0, 0.05) is 19.1 Å². The highest BCUT2D eigenvalue weighted by Gasteiger charge is 2.09. The molecule has 6 heteroatoms. The van der Waals surface area contributed by atoms with Crippen molar-refractivity contribution >= 4 is 17.4 Å². The van der Waals surface area contributed by atoms with E-state index in [4.69, 9.17) is 21.1 Å². The van der Waals surface area contributed by atoms with Gasteiger partial charge in [-0.15, -0.1) is 11.6 Å². The minimum Gasteiger partial charge on any atom is -0.481 e. The Morgan fingerprint density at radius 3 is 2.75 bits per heavy atom. The van der Waals surface area contributed by atoms with Crippen LogP contribution in [0.15, 0.2) is 6.07 Å². The van der Waals surface area contributed by atoms with Crippen LogP contribution in [-0.2, 0) is 4.74 Å². The highest BCUT2D eigenvalue weighted by molar-refractivity contribution is 6.18. The highest BCUT2D eigenvalue weighted by Crippen LogP contribution is 2.13. The van der Waals surface area contributed by atoms with Crippen molar-refractivity contribution in [1.29, 1.82) is 0 Å². The zero-order chi connectivity index (χ0) is 12.0. The smallest absolute Gasteiger partial charge is 0.218 e. The predicted molar refractivity (Wildman–Crippen MR) is 63.3 cm³/mol. The predicted octanol–water partition coefficient (Wildman–Crippen LogP) is 1.46. The molecular formula is C10H16ClN3O2. The molecule has 1 N–H and O–H groups in total. The Labute approximate surface area is 100 Å². The van der Waals surface area contributed by atoms with Crippen LogP contribution in [0.1, 0.15) is 5.82 Å². The minimum absolute atomic E-state index is 0.0191. The molecule has 0 aliphatic heterocycles. The fourth-order valence-corrected chi connectivity index (χ4v) is 1.42. The van der Waals surface area contributed by atoms with Crippen LogP contribution >= 0.6 is 11.6 Å². The molecule has 0 aliphatic rings. The summed E-state index contributed by atoms with van der Waals surface area (Å²) in [7, 11) is 3.20. The standard InChI is InChI=1S/C10H16ClN3O2/c1-7-12-9(4-10(13-7)16-3)14-8(5-11)6-15-2/h4,8H,5-6H2,1-3H3,(H,12,13,14). The topological polar surface area (TPSA) is 56.3 Å². The summed E-state index contributed by atoms with van der Waals surface area (Å²) in [5, 5.41) is 3.16. The molecule has 1 unspecified atom stereocenters. The number of rotatable bonds is 6. The third kappa shape index (κ3) is 3.83.